The molecule has 1 amide bonds. The monoisotopic (exact) mass is 329 g/mol. The Hall–Kier alpha value is -2.17. The van der Waals surface area contributed by atoms with E-state index in [1.807, 2.05) is 23.7 Å². The van der Waals surface area contributed by atoms with Gasteiger partial charge in [-0.2, -0.15) is 5.10 Å². The maximum atomic E-state index is 14.1. The van der Waals surface area contributed by atoms with Gasteiger partial charge in [-0.15, -0.1) is 0 Å². The smallest absolute Gasteiger partial charge is 0.272 e. The van der Waals surface area contributed by atoms with Crippen LogP contribution in [0.25, 0.3) is 0 Å². The van der Waals surface area contributed by atoms with Gasteiger partial charge < -0.3 is 4.90 Å². The van der Waals surface area contributed by atoms with Crippen molar-refractivity contribution in [3.8, 4) is 0 Å². The number of amides is 1. The van der Waals surface area contributed by atoms with E-state index in [0.29, 0.717) is 17.8 Å². The summed E-state index contributed by atoms with van der Waals surface area (Å²) in [6.07, 6.45) is 2.65. The Labute approximate surface area is 142 Å². The molecule has 128 valence electrons. The number of hydrogen-bond donors (Lipinski definition) is 0. The van der Waals surface area contributed by atoms with Crippen LogP contribution in [0.5, 0.6) is 0 Å². The van der Waals surface area contributed by atoms with Crippen molar-refractivity contribution in [3.05, 3.63) is 53.1 Å². The van der Waals surface area contributed by atoms with Crippen LogP contribution in [0.1, 0.15) is 66.9 Å². The number of halogens is 1. The standard InChI is InChI=1S/C19H24FN3O/c1-4-14(5-2)23-18(12-13(3)21-23)19(24)22-11-10-17(22)15-8-6-7-9-16(15)20/h6-9,12,14,17H,4-5,10-11H2,1-3H3/t17-/m1/s1. The van der Waals surface area contributed by atoms with Gasteiger partial charge in [0.2, 0.25) is 0 Å². The molecule has 4 nitrogen and oxygen atoms in total. The molecule has 0 aliphatic carbocycles. The van der Waals surface area contributed by atoms with E-state index < -0.39 is 0 Å². The van der Waals surface area contributed by atoms with E-state index >= 15 is 0 Å². The Bertz CT molecular complexity index is 736. The summed E-state index contributed by atoms with van der Waals surface area (Å²) in [7, 11) is 0. The lowest BCUT2D eigenvalue weighted by Crippen LogP contribution is -2.46. The molecule has 1 saturated heterocycles. The Morgan fingerprint density at radius 1 is 1.33 bits per heavy atom. The molecule has 1 aromatic heterocycles. The number of rotatable bonds is 5. The molecule has 24 heavy (non-hydrogen) atoms. The third kappa shape index (κ3) is 2.83. The number of aromatic nitrogens is 2. The average molecular weight is 329 g/mol. The molecule has 1 fully saturated rings. The first-order valence-corrected chi connectivity index (χ1v) is 8.68. The summed E-state index contributed by atoms with van der Waals surface area (Å²) in [5.41, 5.74) is 2.05. The quantitative estimate of drug-likeness (QED) is 0.821. The van der Waals surface area contributed by atoms with Crippen LogP contribution in [-0.2, 0) is 0 Å². The van der Waals surface area contributed by atoms with Crippen molar-refractivity contribution in [3.63, 3.8) is 0 Å². The number of nitrogens with zero attached hydrogens (tertiary/aromatic N) is 3. The summed E-state index contributed by atoms with van der Waals surface area (Å²) in [4.78, 5) is 14.8. The lowest BCUT2D eigenvalue weighted by atomic mass is 9.93. The second-order valence-corrected chi connectivity index (χ2v) is 6.41. The highest BCUT2D eigenvalue weighted by molar-refractivity contribution is 5.93. The third-order valence-electron chi connectivity index (χ3n) is 4.91. The highest BCUT2D eigenvalue weighted by Gasteiger charge is 2.37. The zero-order chi connectivity index (χ0) is 17.3. The van der Waals surface area contributed by atoms with Crippen LogP contribution in [0.3, 0.4) is 0 Å². The summed E-state index contributed by atoms with van der Waals surface area (Å²) >= 11 is 0. The number of aryl methyl sites for hydroxylation is 1. The van der Waals surface area contributed by atoms with Crippen molar-refractivity contribution in [2.24, 2.45) is 0 Å². The van der Waals surface area contributed by atoms with Crippen molar-refractivity contribution in [1.82, 2.24) is 14.7 Å². The highest BCUT2D eigenvalue weighted by Crippen LogP contribution is 2.36. The summed E-state index contributed by atoms with van der Waals surface area (Å²) in [5, 5.41) is 4.52. The van der Waals surface area contributed by atoms with Crippen molar-refractivity contribution >= 4 is 5.91 Å². The van der Waals surface area contributed by atoms with E-state index in [1.165, 1.54) is 6.07 Å². The zero-order valence-corrected chi connectivity index (χ0v) is 14.5. The minimum Gasteiger partial charge on any atom is -0.330 e. The number of carbonyl (C=O) groups is 1. The number of hydrogen-bond acceptors (Lipinski definition) is 2. The summed E-state index contributed by atoms with van der Waals surface area (Å²) in [5.74, 6) is -0.299. The Kier molecular flexibility index (Phi) is 4.69. The molecule has 0 bridgehead atoms. The van der Waals surface area contributed by atoms with Gasteiger partial charge in [0.15, 0.2) is 0 Å². The van der Waals surface area contributed by atoms with Crippen LogP contribution < -0.4 is 0 Å². The molecular weight excluding hydrogens is 305 g/mol. The fraction of sp³-hybridized carbons (Fsp3) is 0.474. The van der Waals surface area contributed by atoms with Crippen LogP contribution in [0.15, 0.2) is 30.3 Å². The van der Waals surface area contributed by atoms with E-state index in [4.69, 9.17) is 0 Å². The predicted octanol–water partition coefficient (Wildman–Crippen LogP) is 4.28. The minimum atomic E-state index is -0.246. The van der Waals surface area contributed by atoms with Crippen LogP contribution in [0.2, 0.25) is 0 Å². The molecule has 1 atom stereocenters. The first-order valence-electron chi connectivity index (χ1n) is 8.68. The maximum absolute atomic E-state index is 14.1. The highest BCUT2D eigenvalue weighted by atomic mass is 19.1. The van der Waals surface area contributed by atoms with Gasteiger partial charge in [-0.3, -0.25) is 9.48 Å². The van der Waals surface area contributed by atoms with Crippen molar-refractivity contribution in [2.45, 2.75) is 52.1 Å². The molecule has 1 aliphatic heterocycles. The van der Waals surface area contributed by atoms with E-state index in [2.05, 4.69) is 18.9 Å². The van der Waals surface area contributed by atoms with E-state index in [0.717, 1.165) is 25.0 Å². The molecule has 0 N–H and O–H groups in total. The van der Waals surface area contributed by atoms with Gasteiger partial charge in [0, 0.05) is 12.1 Å². The van der Waals surface area contributed by atoms with Gasteiger partial charge in [-0.1, -0.05) is 32.0 Å². The lowest BCUT2D eigenvalue weighted by Gasteiger charge is -2.41. The fourth-order valence-electron chi connectivity index (χ4n) is 3.44. The normalized spacial score (nSPS) is 17.2. The van der Waals surface area contributed by atoms with Crippen LogP contribution in [0, 0.1) is 12.7 Å². The van der Waals surface area contributed by atoms with Crippen LogP contribution in [-0.4, -0.2) is 27.1 Å². The molecule has 0 saturated carbocycles. The van der Waals surface area contributed by atoms with Gasteiger partial charge in [-0.25, -0.2) is 4.39 Å². The Morgan fingerprint density at radius 2 is 2.04 bits per heavy atom. The molecule has 0 radical (unpaired) electrons. The summed E-state index contributed by atoms with van der Waals surface area (Å²) < 4.78 is 15.9. The van der Waals surface area contributed by atoms with Crippen molar-refractivity contribution in [2.75, 3.05) is 6.54 Å². The number of likely N-dealkylation sites (tertiary alicyclic amines) is 1. The summed E-state index contributed by atoms with van der Waals surface area (Å²) in [6, 6.07) is 8.59. The Balaban J connectivity index is 1.89. The molecule has 0 unspecified atom stereocenters. The molecule has 0 spiro atoms. The second-order valence-electron chi connectivity index (χ2n) is 6.41. The molecule has 5 heteroatoms. The van der Waals surface area contributed by atoms with Gasteiger partial charge >= 0.3 is 0 Å². The maximum Gasteiger partial charge on any atom is 0.272 e. The number of benzene rings is 1. The van der Waals surface area contributed by atoms with Gasteiger partial charge in [0.1, 0.15) is 11.5 Å². The van der Waals surface area contributed by atoms with Crippen molar-refractivity contribution in [1.29, 1.82) is 0 Å². The predicted molar refractivity (Wildman–Crippen MR) is 91.4 cm³/mol. The molecule has 3 rings (SSSR count). The Morgan fingerprint density at radius 3 is 2.62 bits per heavy atom. The topological polar surface area (TPSA) is 38.1 Å². The van der Waals surface area contributed by atoms with E-state index in [1.54, 1.807) is 17.0 Å². The van der Waals surface area contributed by atoms with Crippen LogP contribution in [0.4, 0.5) is 4.39 Å². The first kappa shape index (κ1) is 16.7. The molecule has 2 heterocycles. The molecular formula is C19H24FN3O. The zero-order valence-electron chi connectivity index (χ0n) is 14.5. The van der Waals surface area contributed by atoms with Gasteiger partial charge in [0.05, 0.1) is 17.8 Å². The van der Waals surface area contributed by atoms with Gasteiger partial charge in [0.25, 0.3) is 5.91 Å². The molecule has 1 aromatic carbocycles. The fourth-order valence-corrected chi connectivity index (χ4v) is 3.44. The average Bonchev–Trinajstić information content (AvgIpc) is 2.91. The second kappa shape index (κ2) is 6.75. The van der Waals surface area contributed by atoms with Crippen LogP contribution >= 0.6 is 0 Å². The molecule has 2 aromatic rings. The van der Waals surface area contributed by atoms with E-state index in [9.17, 15) is 9.18 Å². The molecule has 1 aliphatic rings. The van der Waals surface area contributed by atoms with Gasteiger partial charge in [-0.05, 0) is 38.3 Å². The van der Waals surface area contributed by atoms with Crippen molar-refractivity contribution < 1.29 is 9.18 Å². The lowest BCUT2D eigenvalue weighted by molar-refractivity contribution is 0.0437. The summed E-state index contributed by atoms with van der Waals surface area (Å²) in [6.45, 7) is 6.77. The first-order chi connectivity index (χ1) is 11.6. The third-order valence-corrected chi connectivity index (χ3v) is 4.91. The largest absolute Gasteiger partial charge is 0.330 e. The SMILES string of the molecule is CCC(CC)n1nc(C)cc1C(=O)N1CC[C@@H]1c1ccccc1F. The minimum absolute atomic E-state index is 0.0537. The van der Waals surface area contributed by atoms with E-state index in [-0.39, 0.29) is 23.8 Å². The number of carbonyl (C=O) groups excluding carboxylic acids is 1.